The van der Waals surface area contributed by atoms with E-state index in [1.54, 1.807) is 12.1 Å². The molecule has 0 unspecified atom stereocenters. The van der Waals surface area contributed by atoms with Crippen LogP contribution in [0, 0.1) is 13.8 Å². The molecule has 0 aliphatic heterocycles. The second-order valence-electron chi connectivity index (χ2n) is 4.49. The van der Waals surface area contributed by atoms with Crippen molar-refractivity contribution in [3.05, 3.63) is 51.7 Å². The van der Waals surface area contributed by atoms with Crippen LogP contribution in [0.25, 0.3) is 0 Å². The van der Waals surface area contributed by atoms with E-state index in [4.69, 9.17) is 0 Å². The summed E-state index contributed by atoms with van der Waals surface area (Å²) in [6.45, 7) is 3.89. The van der Waals surface area contributed by atoms with E-state index in [1.807, 2.05) is 37.4 Å². The second-order valence-corrected chi connectivity index (χ2v) is 5.43. The molecular weight excluding hydrogens is 286 g/mol. The summed E-state index contributed by atoms with van der Waals surface area (Å²) in [6, 6.07) is 9.13. The van der Waals surface area contributed by atoms with Crippen molar-refractivity contribution in [3.63, 3.8) is 0 Å². The molecule has 0 atom stereocenters. The Morgan fingerprint density at radius 3 is 2.43 bits per heavy atom. The summed E-state index contributed by atoms with van der Waals surface area (Å²) < 4.78 is 0. The van der Waals surface area contributed by atoms with E-state index in [-0.39, 0.29) is 0 Å². The van der Waals surface area contributed by atoms with Gasteiger partial charge in [-0.15, -0.1) is 11.3 Å². The third-order valence-corrected chi connectivity index (χ3v) is 3.72. The Balaban J connectivity index is 1.88. The molecule has 2 N–H and O–H groups in total. The molecule has 2 rings (SSSR count). The maximum atomic E-state index is 11.7. The molecule has 5 nitrogen and oxygen atoms in total. The van der Waals surface area contributed by atoms with Gasteiger partial charge in [-0.25, -0.2) is 5.43 Å². The van der Waals surface area contributed by atoms with Crippen molar-refractivity contribution in [2.24, 2.45) is 5.10 Å². The van der Waals surface area contributed by atoms with Crippen LogP contribution in [0.15, 0.2) is 40.8 Å². The van der Waals surface area contributed by atoms with Crippen molar-refractivity contribution < 1.29 is 9.59 Å². The zero-order valence-electron chi connectivity index (χ0n) is 11.7. The lowest BCUT2D eigenvalue weighted by Gasteiger charge is -2.03. The van der Waals surface area contributed by atoms with Gasteiger partial charge in [-0.1, -0.05) is 17.7 Å². The van der Waals surface area contributed by atoms with Crippen LogP contribution in [-0.4, -0.2) is 18.0 Å². The first-order valence-electron chi connectivity index (χ1n) is 6.31. The average molecular weight is 301 g/mol. The normalized spacial score (nSPS) is 10.6. The number of nitrogens with one attached hydrogen (secondary N) is 2. The van der Waals surface area contributed by atoms with E-state index in [2.05, 4.69) is 15.8 Å². The Hall–Kier alpha value is -2.47. The first-order chi connectivity index (χ1) is 10.1. The molecule has 108 valence electrons. The Kier molecular flexibility index (Phi) is 4.84. The molecule has 0 aliphatic rings. The largest absolute Gasteiger partial charge is 0.329 e. The van der Waals surface area contributed by atoms with Crippen molar-refractivity contribution in [2.75, 3.05) is 5.32 Å². The third-order valence-electron chi connectivity index (χ3n) is 2.77. The number of carbonyl (C=O) groups is 2. The monoisotopic (exact) mass is 301 g/mol. The molecule has 1 aromatic heterocycles. The molecule has 0 saturated carbocycles. The molecular formula is C15H15N3O2S. The van der Waals surface area contributed by atoms with E-state index < -0.39 is 11.8 Å². The Morgan fingerprint density at radius 1 is 1.10 bits per heavy atom. The van der Waals surface area contributed by atoms with Crippen LogP contribution >= 0.6 is 11.3 Å². The van der Waals surface area contributed by atoms with Crippen LogP contribution in [0.2, 0.25) is 0 Å². The number of hydrazone groups is 1. The van der Waals surface area contributed by atoms with Crippen molar-refractivity contribution in [1.29, 1.82) is 0 Å². The molecule has 0 fully saturated rings. The van der Waals surface area contributed by atoms with Crippen LogP contribution in [-0.2, 0) is 9.59 Å². The minimum Gasteiger partial charge on any atom is -0.318 e. The lowest BCUT2D eigenvalue weighted by atomic mass is 10.2. The van der Waals surface area contributed by atoms with Gasteiger partial charge in [0.15, 0.2) is 0 Å². The molecule has 0 aliphatic carbocycles. The van der Waals surface area contributed by atoms with Crippen molar-refractivity contribution in [1.82, 2.24) is 5.43 Å². The number of rotatable bonds is 3. The van der Waals surface area contributed by atoms with Gasteiger partial charge in [-0.3, -0.25) is 9.59 Å². The van der Waals surface area contributed by atoms with Crippen LogP contribution in [0.5, 0.6) is 0 Å². The van der Waals surface area contributed by atoms with Crippen LogP contribution in [0.4, 0.5) is 5.69 Å². The molecule has 21 heavy (non-hydrogen) atoms. The average Bonchev–Trinajstić information content (AvgIpc) is 2.87. The summed E-state index contributed by atoms with van der Waals surface area (Å²) in [5.41, 5.74) is 4.92. The quantitative estimate of drug-likeness (QED) is 0.519. The first-order valence-corrected chi connectivity index (χ1v) is 7.19. The van der Waals surface area contributed by atoms with Crippen molar-refractivity contribution >= 4 is 35.1 Å². The molecule has 0 saturated heterocycles. The fourth-order valence-corrected chi connectivity index (χ4v) is 2.33. The van der Waals surface area contributed by atoms with Crippen LogP contribution < -0.4 is 10.7 Å². The lowest BCUT2D eigenvalue weighted by Crippen LogP contribution is -2.32. The third kappa shape index (κ3) is 4.25. The number of amides is 2. The number of hydrogen-bond acceptors (Lipinski definition) is 4. The number of anilines is 1. The highest BCUT2D eigenvalue weighted by Gasteiger charge is 2.12. The van der Waals surface area contributed by atoms with Gasteiger partial charge >= 0.3 is 11.8 Å². The molecule has 0 spiro atoms. The smallest absolute Gasteiger partial charge is 0.318 e. The first kappa shape index (κ1) is 14.9. The highest BCUT2D eigenvalue weighted by molar-refractivity contribution is 7.11. The fourth-order valence-electron chi connectivity index (χ4n) is 1.54. The summed E-state index contributed by atoms with van der Waals surface area (Å²) in [4.78, 5) is 24.2. The second kappa shape index (κ2) is 6.81. The van der Waals surface area contributed by atoms with Gasteiger partial charge in [0.1, 0.15) is 0 Å². The summed E-state index contributed by atoms with van der Waals surface area (Å²) in [7, 11) is 0. The highest BCUT2D eigenvalue weighted by atomic mass is 32.1. The van der Waals surface area contributed by atoms with Gasteiger partial charge in [0, 0.05) is 10.6 Å². The summed E-state index contributed by atoms with van der Waals surface area (Å²) >= 11 is 1.51. The number of carbonyl (C=O) groups excluding carboxylic acids is 2. The Morgan fingerprint density at radius 2 is 1.81 bits per heavy atom. The molecule has 2 amide bonds. The summed E-state index contributed by atoms with van der Waals surface area (Å²) in [5.74, 6) is -1.56. The predicted molar refractivity (Wildman–Crippen MR) is 84.6 cm³/mol. The van der Waals surface area contributed by atoms with E-state index >= 15 is 0 Å². The van der Waals surface area contributed by atoms with E-state index in [0.717, 1.165) is 16.0 Å². The standard InChI is InChI=1S/C15H15N3O2S/c1-10-3-5-12(6-4-10)17-14(19)15(20)18-16-9-13-11(2)7-8-21-13/h3-9H,1-2H3,(H,17,19)(H,18,20)/b16-9+. The molecule has 0 bridgehead atoms. The van der Waals surface area contributed by atoms with Crippen molar-refractivity contribution in [2.45, 2.75) is 13.8 Å². The number of nitrogens with zero attached hydrogens (tertiary/aromatic N) is 1. The maximum Gasteiger partial charge on any atom is 0.329 e. The highest BCUT2D eigenvalue weighted by Crippen LogP contribution is 2.12. The molecule has 0 radical (unpaired) electrons. The number of aryl methyl sites for hydroxylation is 2. The van der Waals surface area contributed by atoms with Crippen LogP contribution in [0.1, 0.15) is 16.0 Å². The van der Waals surface area contributed by atoms with Crippen molar-refractivity contribution in [3.8, 4) is 0 Å². The van der Waals surface area contributed by atoms with Gasteiger partial charge in [0.2, 0.25) is 0 Å². The molecule has 1 heterocycles. The fraction of sp³-hybridized carbons (Fsp3) is 0.133. The van der Waals surface area contributed by atoms with Gasteiger partial charge in [-0.05, 0) is 43.0 Å². The Labute approximate surface area is 126 Å². The minimum atomic E-state index is -0.805. The topological polar surface area (TPSA) is 70.6 Å². The number of thiophene rings is 1. The molecule has 1 aromatic carbocycles. The number of hydrogen-bond donors (Lipinski definition) is 2. The van der Waals surface area contributed by atoms with Gasteiger partial charge < -0.3 is 5.32 Å². The van der Waals surface area contributed by atoms with E-state index in [9.17, 15) is 9.59 Å². The van der Waals surface area contributed by atoms with E-state index in [0.29, 0.717) is 5.69 Å². The zero-order valence-corrected chi connectivity index (χ0v) is 12.5. The molecule has 2 aromatic rings. The van der Waals surface area contributed by atoms with Gasteiger partial charge in [-0.2, -0.15) is 5.10 Å². The maximum absolute atomic E-state index is 11.7. The summed E-state index contributed by atoms with van der Waals surface area (Å²) in [5, 5.41) is 8.21. The minimum absolute atomic E-state index is 0.568. The lowest BCUT2D eigenvalue weighted by molar-refractivity contribution is -0.136. The Bertz CT molecular complexity index is 674. The zero-order chi connectivity index (χ0) is 15.2. The van der Waals surface area contributed by atoms with E-state index in [1.165, 1.54) is 17.6 Å². The number of benzene rings is 1. The van der Waals surface area contributed by atoms with Crippen LogP contribution in [0.3, 0.4) is 0 Å². The molecule has 6 heteroatoms. The predicted octanol–water partition coefficient (Wildman–Crippen LogP) is 2.45. The SMILES string of the molecule is Cc1ccc(NC(=O)C(=O)N/N=C/c2sccc2C)cc1. The van der Waals surface area contributed by atoms with Gasteiger partial charge in [0.05, 0.1) is 6.21 Å². The van der Waals surface area contributed by atoms with Gasteiger partial charge in [0.25, 0.3) is 0 Å². The summed E-state index contributed by atoms with van der Waals surface area (Å²) in [6.07, 6.45) is 1.52.